The molecule has 0 aromatic rings. The Morgan fingerprint density at radius 1 is 1.11 bits per heavy atom. The quantitative estimate of drug-likeness (QED) is 0.788. The molecule has 1 aliphatic carbocycles. The first-order valence-electron chi connectivity index (χ1n) is 7.94. The molecule has 0 radical (unpaired) electrons. The molecule has 2 aliphatic rings. The van der Waals surface area contributed by atoms with Gasteiger partial charge in [0.15, 0.2) is 0 Å². The Kier molecular flexibility index (Phi) is 5.93. The maximum atomic E-state index is 10.2. The minimum Gasteiger partial charge on any atom is -0.391 e. The Balaban J connectivity index is 1.88. The number of nitrogens with one attached hydrogen (secondary N) is 1. The van der Waals surface area contributed by atoms with Crippen LogP contribution in [-0.2, 0) is 0 Å². The van der Waals surface area contributed by atoms with Crippen molar-refractivity contribution in [1.29, 1.82) is 0 Å². The van der Waals surface area contributed by atoms with Crippen LogP contribution in [-0.4, -0.2) is 48.3 Å². The third-order valence-electron chi connectivity index (χ3n) is 4.63. The molecule has 1 saturated heterocycles. The van der Waals surface area contributed by atoms with E-state index in [1.165, 1.54) is 58.2 Å². The number of aliphatic hydroxyl groups is 1. The second-order valence-electron chi connectivity index (χ2n) is 6.11. The van der Waals surface area contributed by atoms with E-state index in [1.807, 2.05) is 0 Å². The second-order valence-corrected chi connectivity index (χ2v) is 6.11. The number of hydrogen-bond acceptors (Lipinski definition) is 3. The molecule has 2 fully saturated rings. The first-order chi connectivity index (χ1) is 8.81. The predicted molar refractivity (Wildman–Crippen MR) is 75.7 cm³/mol. The molecular weight excluding hydrogens is 224 g/mol. The van der Waals surface area contributed by atoms with Crippen molar-refractivity contribution >= 4 is 0 Å². The van der Waals surface area contributed by atoms with E-state index in [1.54, 1.807) is 0 Å². The van der Waals surface area contributed by atoms with E-state index in [4.69, 9.17) is 0 Å². The van der Waals surface area contributed by atoms with E-state index in [0.717, 1.165) is 18.9 Å². The Labute approximate surface area is 112 Å². The van der Waals surface area contributed by atoms with Gasteiger partial charge in [-0.1, -0.05) is 19.8 Å². The molecule has 1 heterocycles. The average Bonchev–Trinajstić information content (AvgIpc) is 2.40. The fraction of sp³-hybridized carbons (Fsp3) is 1.00. The summed E-state index contributed by atoms with van der Waals surface area (Å²) >= 11 is 0. The minimum atomic E-state index is -0.0768. The summed E-state index contributed by atoms with van der Waals surface area (Å²) in [4.78, 5) is 2.60. The van der Waals surface area contributed by atoms with E-state index < -0.39 is 0 Å². The Morgan fingerprint density at radius 2 is 1.83 bits per heavy atom. The summed E-state index contributed by atoms with van der Waals surface area (Å²) < 4.78 is 0. The largest absolute Gasteiger partial charge is 0.391 e. The zero-order valence-corrected chi connectivity index (χ0v) is 11.9. The lowest BCUT2D eigenvalue weighted by molar-refractivity contribution is 0.0103. The van der Waals surface area contributed by atoms with Crippen molar-refractivity contribution in [3.05, 3.63) is 0 Å². The summed E-state index contributed by atoms with van der Waals surface area (Å²) in [5.74, 6) is 0.840. The summed E-state index contributed by atoms with van der Waals surface area (Å²) in [6.07, 6.45) is 8.47. The molecule has 3 nitrogen and oxygen atoms in total. The highest BCUT2D eigenvalue weighted by Crippen LogP contribution is 2.25. The summed E-state index contributed by atoms with van der Waals surface area (Å²) in [6, 6.07) is 0.439. The van der Waals surface area contributed by atoms with Crippen LogP contribution >= 0.6 is 0 Å². The first kappa shape index (κ1) is 14.3. The van der Waals surface area contributed by atoms with Crippen molar-refractivity contribution in [1.82, 2.24) is 10.2 Å². The molecule has 0 bridgehead atoms. The van der Waals surface area contributed by atoms with Crippen LogP contribution in [0.3, 0.4) is 0 Å². The van der Waals surface area contributed by atoms with Crippen molar-refractivity contribution in [3.8, 4) is 0 Å². The smallest absolute Gasteiger partial charge is 0.0695 e. The van der Waals surface area contributed by atoms with Crippen molar-refractivity contribution < 1.29 is 5.11 Å². The van der Waals surface area contributed by atoms with Gasteiger partial charge in [0, 0.05) is 12.6 Å². The lowest BCUT2D eigenvalue weighted by Crippen LogP contribution is -2.48. The SMILES string of the molecule is CCCN(CC1CCNCC1)C1CCCCC1O. The maximum Gasteiger partial charge on any atom is 0.0695 e. The van der Waals surface area contributed by atoms with Crippen LogP contribution in [0.15, 0.2) is 0 Å². The molecule has 0 amide bonds. The highest BCUT2D eigenvalue weighted by molar-refractivity contribution is 4.85. The third-order valence-corrected chi connectivity index (χ3v) is 4.63. The summed E-state index contributed by atoms with van der Waals surface area (Å²) in [7, 11) is 0. The normalized spacial score (nSPS) is 30.8. The van der Waals surface area contributed by atoms with Crippen LogP contribution in [0.1, 0.15) is 51.9 Å². The van der Waals surface area contributed by atoms with Crippen LogP contribution < -0.4 is 5.32 Å². The Hall–Kier alpha value is -0.120. The average molecular weight is 254 g/mol. The number of hydrogen-bond donors (Lipinski definition) is 2. The van der Waals surface area contributed by atoms with E-state index >= 15 is 0 Å². The molecule has 3 heteroatoms. The maximum absolute atomic E-state index is 10.2. The molecule has 2 unspecified atom stereocenters. The molecule has 18 heavy (non-hydrogen) atoms. The van der Waals surface area contributed by atoms with Gasteiger partial charge in [-0.25, -0.2) is 0 Å². The molecular formula is C15H30N2O. The third kappa shape index (κ3) is 3.94. The van der Waals surface area contributed by atoms with Gasteiger partial charge in [0.25, 0.3) is 0 Å². The van der Waals surface area contributed by atoms with E-state index in [2.05, 4.69) is 17.1 Å². The summed E-state index contributed by atoms with van der Waals surface area (Å²) in [5.41, 5.74) is 0. The van der Waals surface area contributed by atoms with Crippen LogP contribution in [0.25, 0.3) is 0 Å². The van der Waals surface area contributed by atoms with E-state index in [0.29, 0.717) is 6.04 Å². The number of rotatable bonds is 5. The van der Waals surface area contributed by atoms with Gasteiger partial charge in [0.2, 0.25) is 0 Å². The van der Waals surface area contributed by atoms with Gasteiger partial charge >= 0.3 is 0 Å². The fourth-order valence-corrected chi connectivity index (χ4v) is 3.59. The molecule has 0 spiro atoms. The van der Waals surface area contributed by atoms with Crippen LogP contribution in [0.5, 0.6) is 0 Å². The topological polar surface area (TPSA) is 35.5 Å². The van der Waals surface area contributed by atoms with Gasteiger partial charge in [0.05, 0.1) is 6.10 Å². The minimum absolute atomic E-state index is 0.0768. The Bertz CT molecular complexity index is 229. The molecule has 1 saturated carbocycles. The van der Waals surface area contributed by atoms with Crippen molar-refractivity contribution in [2.24, 2.45) is 5.92 Å². The highest BCUT2D eigenvalue weighted by Gasteiger charge is 2.29. The summed E-state index contributed by atoms with van der Waals surface area (Å²) in [5, 5.41) is 13.7. The van der Waals surface area contributed by atoms with E-state index in [-0.39, 0.29) is 6.10 Å². The molecule has 2 atom stereocenters. The van der Waals surface area contributed by atoms with Gasteiger partial charge < -0.3 is 10.4 Å². The van der Waals surface area contributed by atoms with Crippen LogP contribution in [0.4, 0.5) is 0 Å². The van der Waals surface area contributed by atoms with Gasteiger partial charge in [-0.3, -0.25) is 4.90 Å². The number of nitrogens with zero attached hydrogens (tertiary/aromatic N) is 1. The molecule has 1 aliphatic heterocycles. The van der Waals surface area contributed by atoms with Crippen molar-refractivity contribution in [2.45, 2.75) is 64.0 Å². The standard InChI is InChI=1S/C15H30N2O/c1-2-11-17(12-13-7-9-16-10-8-13)14-5-3-4-6-15(14)18/h13-16,18H,2-12H2,1H3. The second kappa shape index (κ2) is 7.46. The molecule has 106 valence electrons. The van der Waals surface area contributed by atoms with Crippen molar-refractivity contribution in [3.63, 3.8) is 0 Å². The highest BCUT2D eigenvalue weighted by atomic mass is 16.3. The zero-order chi connectivity index (χ0) is 12.8. The predicted octanol–water partition coefficient (Wildman–Crippen LogP) is 2.00. The lowest BCUT2D eigenvalue weighted by Gasteiger charge is -2.40. The monoisotopic (exact) mass is 254 g/mol. The van der Waals surface area contributed by atoms with Gasteiger partial charge in [0.1, 0.15) is 0 Å². The first-order valence-corrected chi connectivity index (χ1v) is 7.94. The lowest BCUT2D eigenvalue weighted by atomic mass is 9.89. The molecule has 0 aromatic heterocycles. The van der Waals surface area contributed by atoms with Gasteiger partial charge in [-0.2, -0.15) is 0 Å². The number of piperidine rings is 1. The van der Waals surface area contributed by atoms with Crippen LogP contribution in [0.2, 0.25) is 0 Å². The van der Waals surface area contributed by atoms with Gasteiger partial charge in [-0.15, -0.1) is 0 Å². The molecule has 0 aromatic carbocycles. The Morgan fingerprint density at radius 3 is 2.50 bits per heavy atom. The molecule has 2 N–H and O–H groups in total. The number of aliphatic hydroxyl groups excluding tert-OH is 1. The van der Waals surface area contributed by atoms with Crippen molar-refractivity contribution in [2.75, 3.05) is 26.2 Å². The summed E-state index contributed by atoms with van der Waals surface area (Å²) in [6.45, 7) is 6.98. The zero-order valence-electron chi connectivity index (χ0n) is 11.9. The fourth-order valence-electron chi connectivity index (χ4n) is 3.59. The molecule has 2 rings (SSSR count). The van der Waals surface area contributed by atoms with E-state index in [9.17, 15) is 5.11 Å². The van der Waals surface area contributed by atoms with Gasteiger partial charge in [-0.05, 0) is 57.7 Å². The van der Waals surface area contributed by atoms with Crippen LogP contribution in [0, 0.1) is 5.92 Å².